The zero-order chi connectivity index (χ0) is 14.8. The normalized spacial score (nSPS) is 10.3. The van der Waals surface area contributed by atoms with E-state index in [1.54, 1.807) is 17.1 Å². The first-order valence-corrected chi connectivity index (χ1v) is 6.97. The molecule has 1 amide bonds. The molecule has 0 unspecified atom stereocenters. The van der Waals surface area contributed by atoms with E-state index in [1.807, 2.05) is 18.2 Å². The standard InChI is InChI=1S/C17H24N2O/c1-4-12-19(13-5-2)17(20)15-18(6-3)14-16-10-8-7-9-11-16/h4-5,7-11H,1-2,6,12-15H2,3H3. The molecule has 0 saturated heterocycles. The Hall–Kier alpha value is -1.87. The van der Waals surface area contributed by atoms with Crippen molar-refractivity contribution >= 4 is 5.91 Å². The van der Waals surface area contributed by atoms with Crippen LogP contribution in [0.5, 0.6) is 0 Å². The van der Waals surface area contributed by atoms with Crippen LogP contribution in [0.25, 0.3) is 0 Å². The zero-order valence-corrected chi connectivity index (χ0v) is 12.3. The van der Waals surface area contributed by atoms with Gasteiger partial charge in [-0.1, -0.05) is 49.4 Å². The first-order chi connectivity index (χ1) is 9.71. The van der Waals surface area contributed by atoms with Crippen LogP contribution in [-0.4, -0.2) is 41.9 Å². The molecule has 0 spiro atoms. The Morgan fingerprint density at radius 3 is 2.25 bits per heavy atom. The quantitative estimate of drug-likeness (QED) is 0.645. The molecule has 0 fully saturated rings. The smallest absolute Gasteiger partial charge is 0.237 e. The van der Waals surface area contributed by atoms with Crippen LogP contribution in [0, 0.1) is 0 Å². The van der Waals surface area contributed by atoms with E-state index < -0.39 is 0 Å². The summed E-state index contributed by atoms with van der Waals surface area (Å²) in [7, 11) is 0. The number of carbonyl (C=O) groups excluding carboxylic acids is 1. The van der Waals surface area contributed by atoms with Crippen molar-refractivity contribution in [1.29, 1.82) is 0 Å². The number of hydrogen-bond acceptors (Lipinski definition) is 2. The summed E-state index contributed by atoms with van der Waals surface area (Å²) in [4.78, 5) is 16.2. The molecular formula is C17H24N2O. The van der Waals surface area contributed by atoms with Gasteiger partial charge < -0.3 is 4.90 Å². The molecule has 0 bridgehead atoms. The second-order valence-electron chi connectivity index (χ2n) is 4.66. The van der Waals surface area contributed by atoms with Crippen LogP contribution in [0.2, 0.25) is 0 Å². The van der Waals surface area contributed by atoms with Crippen LogP contribution in [0.3, 0.4) is 0 Å². The number of nitrogens with zero attached hydrogens (tertiary/aromatic N) is 2. The van der Waals surface area contributed by atoms with E-state index in [0.717, 1.165) is 13.1 Å². The Labute approximate surface area is 122 Å². The van der Waals surface area contributed by atoms with Gasteiger partial charge in [-0.15, -0.1) is 13.2 Å². The topological polar surface area (TPSA) is 23.6 Å². The third-order valence-electron chi connectivity index (χ3n) is 3.11. The SMILES string of the molecule is C=CCN(CC=C)C(=O)CN(CC)Cc1ccccc1. The fraction of sp³-hybridized carbons (Fsp3) is 0.353. The molecule has 0 aliphatic rings. The third-order valence-corrected chi connectivity index (χ3v) is 3.11. The van der Waals surface area contributed by atoms with Crippen molar-refractivity contribution in [2.24, 2.45) is 0 Å². The van der Waals surface area contributed by atoms with Gasteiger partial charge in [0.25, 0.3) is 0 Å². The number of carbonyl (C=O) groups is 1. The Morgan fingerprint density at radius 2 is 1.75 bits per heavy atom. The molecule has 0 N–H and O–H groups in total. The highest BCUT2D eigenvalue weighted by atomic mass is 16.2. The lowest BCUT2D eigenvalue weighted by molar-refractivity contribution is -0.131. The van der Waals surface area contributed by atoms with Gasteiger partial charge in [-0.2, -0.15) is 0 Å². The molecule has 20 heavy (non-hydrogen) atoms. The van der Waals surface area contributed by atoms with Crippen molar-refractivity contribution in [3.8, 4) is 0 Å². The fourth-order valence-corrected chi connectivity index (χ4v) is 2.00. The minimum absolute atomic E-state index is 0.114. The monoisotopic (exact) mass is 272 g/mol. The second-order valence-corrected chi connectivity index (χ2v) is 4.66. The summed E-state index contributed by atoms with van der Waals surface area (Å²) in [6.45, 7) is 12.6. The molecule has 3 nitrogen and oxygen atoms in total. The van der Waals surface area contributed by atoms with Gasteiger partial charge in [-0.25, -0.2) is 0 Å². The molecular weight excluding hydrogens is 248 g/mol. The number of amides is 1. The first kappa shape index (κ1) is 16.2. The summed E-state index contributed by atoms with van der Waals surface area (Å²) >= 11 is 0. The lowest BCUT2D eigenvalue weighted by Crippen LogP contribution is -2.40. The van der Waals surface area contributed by atoms with Crippen LogP contribution >= 0.6 is 0 Å². The van der Waals surface area contributed by atoms with Crippen LogP contribution in [0.15, 0.2) is 55.6 Å². The highest BCUT2D eigenvalue weighted by Gasteiger charge is 2.14. The van der Waals surface area contributed by atoms with Crippen LogP contribution in [-0.2, 0) is 11.3 Å². The summed E-state index contributed by atoms with van der Waals surface area (Å²) in [5.74, 6) is 0.114. The van der Waals surface area contributed by atoms with Crippen molar-refractivity contribution in [2.45, 2.75) is 13.5 Å². The number of hydrogen-bond donors (Lipinski definition) is 0. The van der Waals surface area contributed by atoms with E-state index in [0.29, 0.717) is 19.6 Å². The minimum Gasteiger partial charge on any atom is -0.334 e. The average molecular weight is 272 g/mol. The molecule has 108 valence electrons. The highest BCUT2D eigenvalue weighted by Crippen LogP contribution is 2.05. The minimum atomic E-state index is 0.114. The van der Waals surface area contributed by atoms with Gasteiger partial charge >= 0.3 is 0 Å². The van der Waals surface area contributed by atoms with Gasteiger partial charge in [-0.05, 0) is 12.1 Å². The first-order valence-electron chi connectivity index (χ1n) is 6.97. The molecule has 0 radical (unpaired) electrons. The van der Waals surface area contributed by atoms with Crippen LogP contribution in [0.1, 0.15) is 12.5 Å². The van der Waals surface area contributed by atoms with E-state index in [1.165, 1.54) is 5.56 Å². The average Bonchev–Trinajstić information content (AvgIpc) is 2.47. The molecule has 1 aromatic rings. The van der Waals surface area contributed by atoms with Gasteiger partial charge in [0, 0.05) is 19.6 Å². The lowest BCUT2D eigenvalue weighted by atomic mass is 10.2. The number of benzene rings is 1. The maximum atomic E-state index is 12.3. The fourth-order valence-electron chi connectivity index (χ4n) is 2.00. The van der Waals surface area contributed by atoms with E-state index in [2.05, 4.69) is 37.1 Å². The van der Waals surface area contributed by atoms with Gasteiger partial charge in [0.2, 0.25) is 5.91 Å². The van der Waals surface area contributed by atoms with Crippen molar-refractivity contribution in [3.63, 3.8) is 0 Å². The zero-order valence-electron chi connectivity index (χ0n) is 12.3. The van der Waals surface area contributed by atoms with E-state index in [-0.39, 0.29) is 5.91 Å². The summed E-state index contributed by atoms with van der Waals surface area (Å²) < 4.78 is 0. The Bertz CT molecular complexity index is 418. The van der Waals surface area contributed by atoms with Crippen molar-refractivity contribution in [2.75, 3.05) is 26.2 Å². The predicted octanol–water partition coefficient (Wildman–Crippen LogP) is 2.71. The van der Waals surface area contributed by atoms with E-state index in [4.69, 9.17) is 0 Å². The number of likely N-dealkylation sites (N-methyl/N-ethyl adjacent to an activating group) is 1. The van der Waals surface area contributed by atoms with Crippen molar-refractivity contribution in [1.82, 2.24) is 9.80 Å². The van der Waals surface area contributed by atoms with Gasteiger partial charge in [0.1, 0.15) is 0 Å². The Kier molecular flexibility index (Phi) is 7.36. The molecule has 0 atom stereocenters. The summed E-state index contributed by atoms with van der Waals surface area (Å²) in [5, 5.41) is 0. The second kappa shape index (κ2) is 9.10. The Morgan fingerprint density at radius 1 is 1.15 bits per heavy atom. The van der Waals surface area contributed by atoms with E-state index in [9.17, 15) is 4.79 Å². The summed E-state index contributed by atoms with van der Waals surface area (Å²) in [5.41, 5.74) is 1.22. The molecule has 0 aliphatic carbocycles. The summed E-state index contributed by atoms with van der Waals surface area (Å²) in [6, 6.07) is 10.2. The Balaban J connectivity index is 2.60. The molecule has 0 aliphatic heterocycles. The summed E-state index contributed by atoms with van der Waals surface area (Å²) in [6.07, 6.45) is 3.49. The van der Waals surface area contributed by atoms with Gasteiger partial charge in [0.05, 0.1) is 6.54 Å². The maximum Gasteiger partial charge on any atom is 0.237 e. The molecule has 0 aromatic heterocycles. The molecule has 1 rings (SSSR count). The van der Waals surface area contributed by atoms with E-state index >= 15 is 0 Å². The molecule has 1 aromatic carbocycles. The lowest BCUT2D eigenvalue weighted by Gasteiger charge is -2.25. The largest absolute Gasteiger partial charge is 0.334 e. The molecule has 3 heteroatoms. The molecule has 0 saturated carbocycles. The maximum absolute atomic E-state index is 12.3. The van der Waals surface area contributed by atoms with Crippen molar-refractivity contribution in [3.05, 3.63) is 61.2 Å². The van der Waals surface area contributed by atoms with Gasteiger partial charge in [0.15, 0.2) is 0 Å². The predicted molar refractivity (Wildman–Crippen MR) is 84.4 cm³/mol. The van der Waals surface area contributed by atoms with Crippen LogP contribution < -0.4 is 0 Å². The number of rotatable bonds is 9. The van der Waals surface area contributed by atoms with Gasteiger partial charge in [-0.3, -0.25) is 9.69 Å². The third kappa shape index (κ3) is 5.41. The molecule has 0 heterocycles. The van der Waals surface area contributed by atoms with Crippen LogP contribution in [0.4, 0.5) is 0 Å². The highest BCUT2D eigenvalue weighted by molar-refractivity contribution is 5.78. The van der Waals surface area contributed by atoms with Crippen molar-refractivity contribution < 1.29 is 4.79 Å².